The number of rotatable bonds is 6. The van der Waals surface area contributed by atoms with Gasteiger partial charge in [0.25, 0.3) is 0 Å². The van der Waals surface area contributed by atoms with E-state index in [0.717, 1.165) is 12.8 Å². The third kappa shape index (κ3) is 3.87. The van der Waals surface area contributed by atoms with Crippen LogP contribution in [0, 0.1) is 11.8 Å². The monoisotopic (exact) mass is 214 g/mol. The predicted molar refractivity (Wildman–Crippen MR) is 53.8 cm³/mol. The van der Waals surface area contributed by atoms with E-state index in [1.165, 1.54) is 12.8 Å². The molecule has 0 unspecified atom stereocenters. The van der Waals surface area contributed by atoms with Gasteiger partial charge in [0.2, 0.25) is 12.3 Å². The van der Waals surface area contributed by atoms with Gasteiger partial charge in [-0.2, -0.15) is 0 Å². The van der Waals surface area contributed by atoms with Gasteiger partial charge in [0.15, 0.2) is 0 Å². The maximum Gasteiger partial charge on any atom is 0.233 e. The second-order valence-electron chi connectivity index (χ2n) is 4.21. The van der Waals surface area contributed by atoms with E-state index in [0.29, 0.717) is 23.8 Å². The Labute approximate surface area is 89.2 Å². The fourth-order valence-electron chi connectivity index (χ4n) is 2.20. The molecule has 0 aromatic heterocycles. The van der Waals surface area contributed by atoms with E-state index < -0.39 is 11.8 Å². The summed E-state index contributed by atoms with van der Waals surface area (Å²) in [4.78, 5) is 21.3. The summed E-state index contributed by atoms with van der Waals surface area (Å²) < 4.78 is 0. The summed E-state index contributed by atoms with van der Waals surface area (Å²) in [5.41, 5.74) is 5.23. The zero-order valence-electron chi connectivity index (χ0n) is 8.76. The zero-order valence-corrected chi connectivity index (χ0v) is 8.76. The molecule has 3 N–H and O–H groups in total. The quantitative estimate of drug-likeness (QED) is 0.384. The highest BCUT2D eigenvalue weighted by Gasteiger charge is 2.24. The number of carbonyl (C=O) groups excluding carboxylic acids is 2. The Bertz CT molecular complexity index is 227. The molecular weight excluding hydrogens is 196 g/mol. The van der Waals surface area contributed by atoms with Crippen molar-refractivity contribution in [2.45, 2.75) is 32.1 Å². The third-order valence-electron chi connectivity index (χ3n) is 3.02. The van der Waals surface area contributed by atoms with Crippen LogP contribution in [0.25, 0.3) is 0 Å². The van der Waals surface area contributed by atoms with Gasteiger partial charge >= 0.3 is 0 Å². The van der Waals surface area contributed by atoms with Crippen LogP contribution in [0.5, 0.6) is 0 Å². The van der Waals surface area contributed by atoms with Crippen molar-refractivity contribution in [1.82, 2.24) is 5.06 Å². The first-order valence-corrected chi connectivity index (χ1v) is 5.33. The van der Waals surface area contributed by atoms with Crippen molar-refractivity contribution in [2.24, 2.45) is 17.6 Å². The molecule has 0 heterocycles. The number of hydroxylamine groups is 2. The lowest BCUT2D eigenvalue weighted by molar-refractivity contribution is -0.154. The van der Waals surface area contributed by atoms with Gasteiger partial charge in [0.05, 0.1) is 12.5 Å². The van der Waals surface area contributed by atoms with Crippen LogP contribution in [0.2, 0.25) is 0 Å². The highest BCUT2D eigenvalue weighted by Crippen LogP contribution is 2.30. The molecular formula is C10H18N2O3. The van der Waals surface area contributed by atoms with Gasteiger partial charge in [-0.1, -0.05) is 25.7 Å². The van der Waals surface area contributed by atoms with Crippen molar-refractivity contribution < 1.29 is 14.8 Å². The van der Waals surface area contributed by atoms with Crippen LogP contribution in [0.1, 0.15) is 32.1 Å². The van der Waals surface area contributed by atoms with E-state index in [9.17, 15) is 9.59 Å². The van der Waals surface area contributed by atoms with Crippen LogP contribution in [0.3, 0.4) is 0 Å². The zero-order chi connectivity index (χ0) is 11.3. The van der Waals surface area contributed by atoms with Crippen LogP contribution in [0.15, 0.2) is 0 Å². The van der Waals surface area contributed by atoms with Gasteiger partial charge in [-0.3, -0.25) is 14.8 Å². The summed E-state index contributed by atoms with van der Waals surface area (Å²) in [6, 6.07) is 0. The van der Waals surface area contributed by atoms with Gasteiger partial charge in [0, 0.05) is 0 Å². The van der Waals surface area contributed by atoms with E-state index in [2.05, 4.69) is 0 Å². The van der Waals surface area contributed by atoms with Crippen molar-refractivity contribution in [2.75, 3.05) is 6.54 Å². The average molecular weight is 214 g/mol. The Morgan fingerprint density at radius 3 is 2.60 bits per heavy atom. The van der Waals surface area contributed by atoms with Crippen molar-refractivity contribution in [3.63, 3.8) is 0 Å². The number of nitrogens with zero attached hydrogens (tertiary/aromatic N) is 1. The molecule has 1 saturated carbocycles. The number of carbonyl (C=O) groups is 2. The first-order chi connectivity index (χ1) is 7.13. The van der Waals surface area contributed by atoms with E-state index in [1.807, 2.05) is 0 Å². The summed E-state index contributed by atoms with van der Waals surface area (Å²) in [6.45, 7) is 0.00926. The molecule has 2 amide bonds. The SMILES string of the molecule is NC(=O)[C@H](CC1CCCC1)CN(O)C=O. The minimum absolute atomic E-state index is 0.00926. The lowest BCUT2D eigenvalue weighted by atomic mass is 9.92. The van der Waals surface area contributed by atoms with E-state index in [-0.39, 0.29) is 6.54 Å². The Kier molecular flexibility index (Phi) is 4.55. The topological polar surface area (TPSA) is 83.6 Å². The maximum atomic E-state index is 11.1. The first kappa shape index (κ1) is 12.0. The van der Waals surface area contributed by atoms with Gasteiger partial charge in [-0.05, 0) is 12.3 Å². The number of nitrogens with two attached hydrogens (primary N) is 1. The molecule has 0 spiro atoms. The first-order valence-electron chi connectivity index (χ1n) is 5.33. The highest BCUT2D eigenvalue weighted by molar-refractivity contribution is 5.77. The second-order valence-corrected chi connectivity index (χ2v) is 4.21. The molecule has 86 valence electrons. The molecule has 1 aliphatic carbocycles. The van der Waals surface area contributed by atoms with Crippen molar-refractivity contribution in [3.05, 3.63) is 0 Å². The van der Waals surface area contributed by atoms with Crippen LogP contribution in [0.4, 0.5) is 0 Å². The average Bonchev–Trinajstić information content (AvgIpc) is 2.69. The Morgan fingerprint density at radius 2 is 2.13 bits per heavy atom. The fourth-order valence-corrected chi connectivity index (χ4v) is 2.20. The molecule has 0 bridgehead atoms. The molecule has 0 saturated heterocycles. The molecule has 1 fully saturated rings. The lowest BCUT2D eigenvalue weighted by Crippen LogP contribution is -2.35. The summed E-state index contributed by atoms with van der Waals surface area (Å²) in [6.07, 6.45) is 5.62. The van der Waals surface area contributed by atoms with E-state index in [4.69, 9.17) is 10.9 Å². The minimum Gasteiger partial charge on any atom is -0.369 e. The number of amides is 2. The maximum absolute atomic E-state index is 11.1. The van der Waals surface area contributed by atoms with E-state index in [1.54, 1.807) is 0 Å². The second kappa shape index (κ2) is 5.70. The number of hydrogen-bond donors (Lipinski definition) is 2. The summed E-state index contributed by atoms with van der Waals surface area (Å²) in [5.74, 6) is -0.353. The summed E-state index contributed by atoms with van der Waals surface area (Å²) in [7, 11) is 0. The Morgan fingerprint density at radius 1 is 1.53 bits per heavy atom. The molecule has 1 atom stereocenters. The van der Waals surface area contributed by atoms with Gasteiger partial charge in [-0.25, -0.2) is 5.06 Å². The molecule has 0 radical (unpaired) electrons. The molecule has 0 aliphatic heterocycles. The smallest absolute Gasteiger partial charge is 0.233 e. The van der Waals surface area contributed by atoms with E-state index >= 15 is 0 Å². The summed E-state index contributed by atoms with van der Waals surface area (Å²) >= 11 is 0. The number of hydrogen-bond acceptors (Lipinski definition) is 3. The molecule has 1 aliphatic rings. The summed E-state index contributed by atoms with van der Waals surface area (Å²) in [5, 5.41) is 9.50. The molecule has 0 aromatic carbocycles. The third-order valence-corrected chi connectivity index (χ3v) is 3.02. The van der Waals surface area contributed by atoms with Gasteiger partial charge < -0.3 is 5.73 Å². The van der Waals surface area contributed by atoms with Crippen LogP contribution >= 0.6 is 0 Å². The Balaban J connectivity index is 2.42. The lowest BCUT2D eigenvalue weighted by Gasteiger charge is -2.19. The molecule has 5 nitrogen and oxygen atoms in total. The van der Waals surface area contributed by atoms with Crippen LogP contribution in [-0.4, -0.2) is 29.1 Å². The van der Waals surface area contributed by atoms with Gasteiger partial charge in [0.1, 0.15) is 0 Å². The van der Waals surface area contributed by atoms with Crippen LogP contribution in [-0.2, 0) is 9.59 Å². The van der Waals surface area contributed by atoms with Crippen molar-refractivity contribution in [3.8, 4) is 0 Å². The Hall–Kier alpha value is -1.10. The van der Waals surface area contributed by atoms with Crippen molar-refractivity contribution in [1.29, 1.82) is 0 Å². The fraction of sp³-hybridized carbons (Fsp3) is 0.800. The van der Waals surface area contributed by atoms with Gasteiger partial charge in [-0.15, -0.1) is 0 Å². The normalized spacial score (nSPS) is 18.7. The molecule has 1 rings (SSSR count). The number of primary amides is 1. The molecule has 15 heavy (non-hydrogen) atoms. The molecule has 5 heteroatoms. The highest BCUT2D eigenvalue weighted by atomic mass is 16.5. The molecule has 0 aromatic rings. The van der Waals surface area contributed by atoms with Crippen LogP contribution < -0.4 is 5.73 Å². The largest absolute Gasteiger partial charge is 0.369 e. The van der Waals surface area contributed by atoms with Crippen molar-refractivity contribution >= 4 is 12.3 Å². The standard InChI is InChI=1S/C10H18N2O3/c11-10(14)9(6-12(15)7-13)5-8-3-1-2-4-8/h7-9,15H,1-6H2,(H2,11,14)/t9-/m1/s1. The predicted octanol–water partition coefficient (Wildman–Crippen LogP) is 0.516. The minimum atomic E-state index is -0.442.